The summed E-state index contributed by atoms with van der Waals surface area (Å²) in [5.74, 6) is 0.923. The van der Waals surface area contributed by atoms with Crippen molar-refractivity contribution in [2.24, 2.45) is 0 Å². The fraction of sp³-hybridized carbons (Fsp3) is 0.304. The quantitative estimate of drug-likeness (QED) is 0.358. The molecule has 2 N–H and O–H groups in total. The number of pyridine rings is 1. The maximum absolute atomic E-state index is 4.77. The number of rotatable bonds is 6. The number of imidazole rings is 1. The molecule has 0 aliphatic carbocycles. The van der Waals surface area contributed by atoms with Crippen LogP contribution in [0.5, 0.6) is 0 Å². The molecule has 7 nitrogen and oxygen atoms in total. The standard InChI is InChI=1S/C23H25N7S/c1-31-23-13-20(26-15-27-23)17-2-3-19-21(11-17)29-22(28-19)12-18-10-16(4-5-25-18)14-30-8-6-24-7-9-30/h2-5,10-11,13,15,24H,6-9,12,14H2,1H3,(H,28,29). The van der Waals surface area contributed by atoms with E-state index in [1.54, 1.807) is 18.1 Å². The first-order valence-corrected chi connectivity index (χ1v) is 11.7. The molecule has 0 saturated carbocycles. The van der Waals surface area contributed by atoms with Crippen LogP contribution in [0.3, 0.4) is 0 Å². The number of aromatic amines is 1. The molecule has 31 heavy (non-hydrogen) atoms. The van der Waals surface area contributed by atoms with Gasteiger partial charge in [0.05, 0.1) is 21.8 Å². The van der Waals surface area contributed by atoms with Crippen LogP contribution in [0.4, 0.5) is 0 Å². The number of benzene rings is 1. The predicted octanol–water partition coefficient (Wildman–Crippen LogP) is 3.13. The van der Waals surface area contributed by atoms with Gasteiger partial charge in [-0.3, -0.25) is 9.88 Å². The van der Waals surface area contributed by atoms with E-state index in [1.165, 1.54) is 5.56 Å². The van der Waals surface area contributed by atoms with Crippen molar-refractivity contribution in [3.8, 4) is 11.3 Å². The zero-order valence-corrected chi connectivity index (χ0v) is 18.3. The number of piperazine rings is 1. The van der Waals surface area contributed by atoms with E-state index in [4.69, 9.17) is 4.98 Å². The lowest BCUT2D eigenvalue weighted by molar-refractivity contribution is 0.233. The molecule has 1 fully saturated rings. The summed E-state index contributed by atoms with van der Waals surface area (Å²) in [7, 11) is 0. The van der Waals surface area contributed by atoms with Gasteiger partial charge in [-0.15, -0.1) is 11.8 Å². The maximum atomic E-state index is 4.77. The summed E-state index contributed by atoms with van der Waals surface area (Å²) in [6.07, 6.45) is 6.22. The fourth-order valence-electron chi connectivity index (χ4n) is 3.94. The third kappa shape index (κ3) is 4.76. The second-order valence-electron chi connectivity index (χ2n) is 7.72. The van der Waals surface area contributed by atoms with Gasteiger partial charge in [-0.05, 0) is 42.2 Å². The van der Waals surface area contributed by atoms with Crippen LogP contribution in [0.2, 0.25) is 0 Å². The van der Waals surface area contributed by atoms with Crippen LogP contribution in [0.25, 0.3) is 22.3 Å². The molecule has 0 bridgehead atoms. The van der Waals surface area contributed by atoms with Crippen molar-refractivity contribution < 1.29 is 0 Å². The smallest absolute Gasteiger partial charge is 0.117 e. The predicted molar refractivity (Wildman–Crippen MR) is 124 cm³/mol. The zero-order chi connectivity index (χ0) is 21.0. The average Bonchev–Trinajstić information content (AvgIpc) is 3.21. The van der Waals surface area contributed by atoms with E-state index >= 15 is 0 Å². The first-order chi connectivity index (χ1) is 15.3. The molecule has 4 aromatic rings. The van der Waals surface area contributed by atoms with E-state index in [9.17, 15) is 0 Å². The number of H-pyrrole nitrogens is 1. The van der Waals surface area contributed by atoms with Crippen LogP contribution in [-0.4, -0.2) is 62.3 Å². The summed E-state index contributed by atoms with van der Waals surface area (Å²) < 4.78 is 0. The fourth-order valence-corrected chi connectivity index (χ4v) is 4.32. The molecule has 0 amide bonds. The minimum Gasteiger partial charge on any atom is -0.342 e. The Kier molecular flexibility index (Phi) is 5.93. The highest BCUT2D eigenvalue weighted by Gasteiger charge is 2.12. The van der Waals surface area contributed by atoms with Gasteiger partial charge in [-0.25, -0.2) is 15.0 Å². The molecule has 0 unspecified atom stereocenters. The van der Waals surface area contributed by atoms with Gasteiger partial charge in [0.15, 0.2) is 0 Å². The zero-order valence-electron chi connectivity index (χ0n) is 17.5. The summed E-state index contributed by atoms with van der Waals surface area (Å²) in [5.41, 5.74) is 6.27. The molecule has 1 saturated heterocycles. The second kappa shape index (κ2) is 9.13. The van der Waals surface area contributed by atoms with Gasteiger partial charge in [0, 0.05) is 56.6 Å². The minimum atomic E-state index is 0.684. The Morgan fingerprint density at radius 2 is 1.94 bits per heavy atom. The average molecular weight is 432 g/mol. The third-order valence-corrected chi connectivity index (χ3v) is 6.16. The molecule has 1 aromatic carbocycles. The molecule has 5 rings (SSSR count). The number of fused-ring (bicyclic) bond motifs is 1. The van der Waals surface area contributed by atoms with Gasteiger partial charge in [-0.1, -0.05) is 6.07 Å². The first kappa shape index (κ1) is 20.1. The van der Waals surface area contributed by atoms with Crippen molar-refractivity contribution in [3.05, 3.63) is 66.0 Å². The van der Waals surface area contributed by atoms with Crippen LogP contribution >= 0.6 is 11.8 Å². The Balaban J connectivity index is 1.34. The van der Waals surface area contributed by atoms with Gasteiger partial charge in [0.25, 0.3) is 0 Å². The van der Waals surface area contributed by atoms with Gasteiger partial charge < -0.3 is 10.3 Å². The summed E-state index contributed by atoms with van der Waals surface area (Å²) in [6, 6.07) is 12.5. The molecule has 3 aromatic heterocycles. The Labute approximate surface area is 185 Å². The molecule has 1 aliphatic heterocycles. The lowest BCUT2D eigenvalue weighted by atomic mass is 10.1. The van der Waals surface area contributed by atoms with Crippen LogP contribution in [0.15, 0.2) is 53.9 Å². The van der Waals surface area contributed by atoms with E-state index in [-0.39, 0.29) is 0 Å². The molecule has 4 heterocycles. The van der Waals surface area contributed by atoms with Crippen LogP contribution in [0.1, 0.15) is 17.1 Å². The summed E-state index contributed by atoms with van der Waals surface area (Å²) in [5, 5.41) is 4.36. The van der Waals surface area contributed by atoms with Crippen LogP contribution in [-0.2, 0) is 13.0 Å². The first-order valence-electron chi connectivity index (χ1n) is 10.5. The molecule has 158 valence electrons. The number of aromatic nitrogens is 5. The largest absolute Gasteiger partial charge is 0.342 e. The Morgan fingerprint density at radius 1 is 1.03 bits per heavy atom. The van der Waals surface area contributed by atoms with E-state index in [0.717, 1.165) is 71.6 Å². The van der Waals surface area contributed by atoms with Crippen molar-refractivity contribution in [1.82, 2.24) is 35.1 Å². The van der Waals surface area contributed by atoms with E-state index in [0.29, 0.717) is 6.42 Å². The third-order valence-electron chi connectivity index (χ3n) is 5.52. The monoisotopic (exact) mass is 431 g/mol. The van der Waals surface area contributed by atoms with Gasteiger partial charge in [0.1, 0.15) is 12.2 Å². The molecule has 0 spiro atoms. The van der Waals surface area contributed by atoms with Gasteiger partial charge in [0.2, 0.25) is 0 Å². The van der Waals surface area contributed by atoms with Crippen molar-refractivity contribution in [2.75, 3.05) is 32.4 Å². The van der Waals surface area contributed by atoms with Crippen molar-refractivity contribution in [2.45, 2.75) is 18.0 Å². The molecule has 0 radical (unpaired) electrons. The Hall–Kier alpha value is -2.81. The van der Waals surface area contributed by atoms with Crippen molar-refractivity contribution in [3.63, 3.8) is 0 Å². The molecular formula is C23H25N7S. The number of nitrogens with one attached hydrogen (secondary N) is 2. The molecule has 0 atom stereocenters. The van der Waals surface area contributed by atoms with Crippen LogP contribution in [0, 0.1) is 0 Å². The summed E-state index contributed by atoms with van der Waals surface area (Å²) in [6.45, 7) is 5.28. The Morgan fingerprint density at radius 3 is 2.81 bits per heavy atom. The summed E-state index contributed by atoms with van der Waals surface area (Å²) in [4.78, 5) is 24.0. The highest BCUT2D eigenvalue weighted by molar-refractivity contribution is 7.98. The van der Waals surface area contributed by atoms with Gasteiger partial charge in [-0.2, -0.15) is 0 Å². The van der Waals surface area contributed by atoms with Crippen molar-refractivity contribution in [1.29, 1.82) is 0 Å². The number of hydrogen-bond donors (Lipinski definition) is 2. The number of nitrogens with zero attached hydrogens (tertiary/aromatic N) is 5. The van der Waals surface area contributed by atoms with E-state index in [2.05, 4.69) is 54.4 Å². The topological polar surface area (TPSA) is 82.6 Å². The lowest BCUT2D eigenvalue weighted by Crippen LogP contribution is -2.42. The normalized spacial score (nSPS) is 14.9. The molecular weight excluding hydrogens is 406 g/mol. The highest BCUT2D eigenvalue weighted by atomic mass is 32.2. The van der Waals surface area contributed by atoms with Crippen LogP contribution < -0.4 is 5.32 Å². The maximum Gasteiger partial charge on any atom is 0.117 e. The number of thioether (sulfide) groups is 1. The Bertz CT molecular complexity index is 1180. The van der Waals surface area contributed by atoms with E-state index in [1.807, 2.05) is 24.6 Å². The summed E-state index contributed by atoms with van der Waals surface area (Å²) >= 11 is 1.61. The number of hydrogen-bond acceptors (Lipinski definition) is 7. The molecule has 1 aliphatic rings. The lowest BCUT2D eigenvalue weighted by Gasteiger charge is -2.27. The van der Waals surface area contributed by atoms with Gasteiger partial charge >= 0.3 is 0 Å². The van der Waals surface area contributed by atoms with Crippen molar-refractivity contribution >= 4 is 22.8 Å². The second-order valence-corrected chi connectivity index (χ2v) is 8.55. The SMILES string of the molecule is CSc1cc(-c2ccc3nc(Cc4cc(CN5CCNCC5)ccn4)[nH]c3c2)ncn1. The highest BCUT2D eigenvalue weighted by Crippen LogP contribution is 2.24. The minimum absolute atomic E-state index is 0.684. The van der Waals surface area contributed by atoms with E-state index < -0.39 is 0 Å². The molecule has 8 heteroatoms.